The fourth-order valence-electron chi connectivity index (χ4n) is 2.33. The molecule has 16 heavy (non-hydrogen) atoms. The summed E-state index contributed by atoms with van der Waals surface area (Å²) < 4.78 is 14.0. The zero-order valence-electron chi connectivity index (χ0n) is 8.87. The number of rotatable bonds is 1. The minimum atomic E-state index is -0.264. The van der Waals surface area contributed by atoms with Gasteiger partial charge in [-0.1, -0.05) is 12.8 Å². The number of fused-ring (bicyclic) bond motifs is 1. The molecule has 3 rings (SSSR count). The number of benzene rings is 1. The van der Waals surface area contributed by atoms with Crippen LogP contribution in [0.4, 0.5) is 4.39 Å². The summed E-state index contributed by atoms with van der Waals surface area (Å²) in [5, 5.41) is 0.964. The van der Waals surface area contributed by atoms with Crippen LogP contribution in [0.1, 0.15) is 30.7 Å². The molecule has 2 aromatic rings. The van der Waals surface area contributed by atoms with Crippen LogP contribution in [0, 0.1) is 5.82 Å². The molecular formula is C12H13FN2S. The average molecular weight is 236 g/mol. The summed E-state index contributed by atoms with van der Waals surface area (Å²) in [5.41, 5.74) is 6.93. The first-order valence-corrected chi connectivity index (χ1v) is 6.34. The Morgan fingerprint density at radius 2 is 2.06 bits per heavy atom. The van der Waals surface area contributed by atoms with Crippen LogP contribution in [-0.4, -0.2) is 4.98 Å². The topological polar surface area (TPSA) is 38.9 Å². The molecule has 0 saturated heterocycles. The van der Waals surface area contributed by atoms with Gasteiger partial charge in [0.05, 0.1) is 15.8 Å². The van der Waals surface area contributed by atoms with Crippen molar-refractivity contribution in [2.45, 2.75) is 31.2 Å². The minimum Gasteiger partial charge on any atom is -0.319 e. The molecule has 0 unspecified atom stereocenters. The molecule has 0 radical (unpaired) electrons. The number of halogens is 1. The predicted octanol–water partition coefficient (Wildman–Crippen LogP) is 3.16. The average Bonchev–Trinajstić information content (AvgIpc) is 2.84. The SMILES string of the molecule is NC1(c2nc3ccc(F)cc3s2)CCCC1. The zero-order chi connectivity index (χ0) is 11.2. The van der Waals surface area contributed by atoms with Crippen LogP contribution in [-0.2, 0) is 5.54 Å². The molecule has 1 aromatic heterocycles. The van der Waals surface area contributed by atoms with Crippen LogP contribution >= 0.6 is 11.3 Å². The lowest BCUT2D eigenvalue weighted by Gasteiger charge is -2.19. The molecule has 2 nitrogen and oxygen atoms in total. The van der Waals surface area contributed by atoms with Crippen LogP contribution in [0.5, 0.6) is 0 Å². The van der Waals surface area contributed by atoms with Crippen molar-refractivity contribution in [1.29, 1.82) is 0 Å². The number of hydrogen-bond acceptors (Lipinski definition) is 3. The van der Waals surface area contributed by atoms with Gasteiger partial charge in [0.25, 0.3) is 0 Å². The molecular weight excluding hydrogens is 223 g/mol. The van der Waals surface area contributed by atoms with E-state index < -0.39 is 0 Å². The van der Waals surface area contributed by atoms with E-state index in [0.717, 1.165) is 28.1 Å². The first-order chi connectivity index (χ1) is 7.67. The Kier molecular flexibility index (Phi) is 2.23. The Hall–Kier alpha value is -1.000. The molecule has 0 amide bonds. The van der Waals surface area contributed by atoms with E-state index in [-0.39, 0.29) is 11.4 Å². The summed E-state index contributed by atoms with van der Waals surface area (Å²) in [4.78, 5) is 4.53. The molecule has 0 bridgehead atoms. The van der Waals surface area contributed by atoms with E-state index in [2.05, 4.69) is 4.98 Å². The van der Waals surface area contributed by atoms with E-state index in [0.29, 0.717) is 0 Å². The van der Waals surface area contributed by atoms with Gasteiger partial charge in [0, 0.05) is 0 Å². The largest absolute Gasteiger partial charge is 0.319 e. The Bertz CT molecular complexity index is 529. The maximum absolute atomic E-state index is 13.1. The summed E-state index contributed by atoms with van der Waals surface area (Å²) in [6.45, 7) is 0. The summed E-state index contributed by atoms with van der Waals surface area (Å²) in [7, 11) is 0. The molecule has 1 fully saturated rings. The Labute approximate surface area is 97.3 Å². The van der Waals surface area contributed by atoms with Gasteiger partial charge in [0.15, 0.2) is 0 Å². The van der Waals surface area contributed by atoms with Crippen LogP contribution in [0.2, 0.25) is 0 Å². The van der Waals surface area contributed by atoms with E-state index in [1.165, 1.54) is 36.3 Å². The highest BCUT2D eigenvalue weighted by Gasteiger charge is 2.34. The fourth-order valence-corrected chi connectivity index (χ4v) is 3.48. The summed E-state index contributed by atoms with van der Waals surface area (Å²) in [6, 6.07) is 4.71. The van der Waals surface area contributed by atoms with Crippen molar-refractivity contribution in [3.8, 4) is 0 Å². The lowest BCUT2D eigenvalue weighted by Crippen LogP contribution is -2.32. The molecule has 84 valence electrons. The predicted molar refractivity (Wildman–Crippen MR) is 63.9 cm³/mol. The molecule has 1 aromatic carbocycles. The van der Waals surface area contributed by atoms with Crippen molar-refractivity contribution in [3.05, 3.63) is 29.0 Å². The van der Waals surface area contributed by atoms with Gasteiger partial charge in [-0.25, -0.2) is 9.37 Å². The monoisotopic (exact) mass is 236 g/mol. The van der Waals surface area contributed by atoms with Crippen molar-refractivity contribution in [3.63, 3.8) is 0 Å². The number of nitrogens with zero attached hydrogens (tertiary/aromatic N) is 1. The normalized spacial score (nSPS) is 19.4. The van der Waals surface area contributed by atoms with Crippen LogP contribution in [0.25, 0.3) is 10.2 Å². The van der Waals surface area contributed by atoms with Gasteiger partial charge >= 0.3 is 0 Å². The first-order valence-electron chi connectivity index (χ1n) is 5.53. The second-order valence-electron chi connectivity index (χ2n) is 4.49. The minimum absolute atomic E-state index is 0.208. The first kappa shape index (κ1) is 10.2. The van der Waals surface area contributed by atoms with E-state index in [4.69, 9.17) is 5.73 Å². The van der Waals surface area contributed by atoms with Crippen LogP contribution < -0.4 is 5.73 Å². The number of aromatic nitrogens is 1. The zero-order valence-corrected chi connectivity index (χ0v) is 9.69. The van der Waals surface area contributed by atoms with Crippen molar-refractivity contribution in [1.82, 2.24) is 4.98 Å². The lowest BCUT2D eigenvalue weighted by molar-refractivity contribution is 0.460. The van der Waals surface area contributed by atoms with Gasteiger partial charge in [-0.15, -0.1) is 11.3 Å². The Balaban J connectivity index is 2.11. The van der Waals surface area contributed by atoms with E-state index in [9.17, 15) is 4.39 Å². The molecule has 1 aliphatic rings. The van der Waals surface area contributed by atoms with Gasteiger partial charge in [-0.3, -0.25) is 0 Å². The van der Waals surface area contributed by atoms with Crippen molar-refractivity contribution >= 4 is 21.6 Å². The van der Waals surface area contributed by atoms with E-state index >= 15 is 0 Å². The molecule has 0 aliphatic heterocycles. The molecule has 1 heterocycles. The number of hydrogen-bond donors (Lipinski definition) is 1. The van der Waals surface area contributed by atoms with E-state index in [1.807, 2.05) is 0 Å². The smallest absolute Gasteiger partial charge is 0.124 e. The molecule has 0 atom stereocenters. The quantitative estimate of drug-likeness (QED) is 0.826. The van der Waals surface area contributed by atoms with Gasteiger partial charge in [0.2, 0.25) is 0 Å². The van der Waals surface area contributed by atoms with Crippen molar-refractivity contribution < 1.29 is 4.39 Å². The number of thiazole rings is 1. The fraction of sp³-hybridized carbons (Fsp3) is 0.417. The summed E-state index contributed by atoms with van der Waals surface area (Å²) in [6.07, 6.45) is 4.33. The molecule has 1 aliphatic carbocycles. The third-order valence-corrected chi connectivity index (χ3v) is 4.51. The van der Waals surface area contributed by atoms with Gasteiger partial charge in [-0.2, -0.15) is 0 Å². The number of nitrogens with two attached hydrogens (primary N) is 1. The summed E-state index contributed by atoms with van der Waals surface area (Å²) >= 11 is 1.53. The maximum Gasteiger partial charge on any atom is 0.124 e. The lowest BCUT2D eigenvalue weighted by atomic mass is 10.0. The summed E-state index contributed by atoms with van der Waals surface area (Å²) in [5.74, 6) is -0.208. The highest BCUT2D eigenvalue weighted by molar-refractivity contribution is 7.18. The van der Waals surface area contributed by atoms with E-state index in [1.54, 1.807) is 6.07 Å². The van der Waals surface area contributed by atoms with Crippen LogP contribution in [0.15, 0.2) is 18.2 Å². The van der Waals surface area contributed by atoms with Crippen molar-refractivity contribution in [2.75, 3.05) is 0 Å². The Morgan fingerprint density at radius 1 is 1.31 bits per heavy atom. The Morgan fingerprint density at radius 3 is 2.81 bits per heavy atom. The van der Waals surface area contributed by atoms with Gasteiger partial charge in [-0.05, 0) is 31.0 Å². The maximum atomic E-state index is 13.1. The highest BCUT2D eigenvalue weighted by Crippen LogP contribution is 2.39. The molecule has 1 saturated carbocycles. The van der Waals surface area contributed by atoms with Crippen LogP contribution in [0.3, 0.4) is 0 Å². The van der Waals surface area contributed by atoms with Gasteiger partial charge in [0.1, 0.15) is 10.8 Å². The van der Waals surface area contributed by atoms with Crippen molar-refractivity contribution in [2.24, 2.45) is 5.73 Å². The third kappa shape index (κ3) is 1.53. The molecule has 0 spiro atoms. The standard InChI is InChI=1S/C12H13FN2S/c13-8-3-4-9-10(7-8)16-11(15-9)12(14)5-1-2-6-12/h3-4,7H,1-2,5-6,14H2. The second-order valence-corrected chi connectivity index (χ2v) is 5.52. The highest BCUT2D eigenvalue weighted by atomic mass is 32.1. The second kappa shape index (κ2) is 3.50. The van der Waals surface area contributed by atoms with Gasteiger partial charge < -0.3 is 5.73 Å². The molecule has 4 heteroatoms. The molecule has 2 N–H and O–H groups in total. The third-order valence-electron chi connectivity index (χ3n) is 3.27.